The molecule has 0 saturated carbocycles. The van der Waals surface area contributed by atoms with Gasteiger partial charge in [0.05, 0.1) is 5.56 Å². The van der Waals surface area contributed by atoms with E-state index < -0.39 is 11.7 Å². The van der Waals surface area contributed by atoms with Crippen molar-refractivity contribution >= 4 is 21.8 Å². The van der Waals surface area contributed by atoms with Crippen molar-refractivity contribution in [2.45, 2.75) is 25.2 Å². The van der Waals surface area contributed by atoms with Crippen LogP contribution in [0.5, 0.6) is 0 Å². The smallest absolute Gasteiger partial charge is 0.343 e. The molecular formula is C30H25F3N2. The van der Waals surface area contributed by atoms with Gasteiger partial charge in [0.25, 0.3) is 0 Å². The summed E-state index contributed by atoms with van der Waals surface area (Å²) in [5.41, 5.74) is 4.37. The van der Waals surface area contributed by atoms with Crippen molar-refractivity contribution in [1.29, 1.82) is 0 Å². The maximum absolute atomic E-state index is 13.3. The first-order chi connectivity index (χ1) is 16.9. The highest BCUT2D eigenvalue weighted by Gasteiger charge is 2.31. The molecule has 5 heteroatoms. The van der Waals surface area contributed by atoms with Crippen molar-refractivity contribution in [3.05, 3.63) is 133 Å². The molecule has 2 heterocycles. The van der Waals surface area contributed by atoms with Gasteiger partial charge in [-0.15, -0.1) is 13.2 Å². The number of aromatic nitrogens is 2. The average molecular weight is 471 g/mol. The number of halogens is 3. The molecule has 0 atom stereocenters. The molecule has 0 fully saturated rings. The van der Waals surface area contributed by atoms with Gasteiger partial charge in [0.15, 0.2) is 0 Å². The van der Waals surface area contributed by atoms with Crippen LogP contribution in [0.2, 0.25) is 0 Å². The molecule has 5 rings (SSSR count). The van der Waals surface area contributed by atoms with Crippen LogP contribution in [0, 0.1) is 0 Å². The van der Waals surface area contributed by atoms with Gasteiger partial charge in [0, 0.05) is 53.2 Å². The molecule has 176 valence electrons. The number of para-hydroxylation sites is 2. The Morgan fingerprint density at radius 2 is 1.14 bits per heavy atom. The predicted molar refractivity (Wildman–Crippen MR) is 137 cm³/mol. The Labute approximate surface area is 202 Å². The van der Waals surface area contributed by atoms with Gasteiger partial charge in [0.2, 0.25) is 0 Å². The fraction of sp³-hybridized carbons (Fsp3) is 0.133. The maximum Gasteiger partial charge on any atom is 0.416 e. The van der Waals surface area contributed by atoms with Crippen LogP contribution in [-0.2, 0) is 19.3 Å². The summed E-state index contributed by atoms with van der Waals surface area (Å²) in [6.45, 7) is 9.06. The van der Waals surface area contributed by atoms with Gasteiger partial charge in [-0.2, -0.15) is 13.2 Å². The van der Waals surface area contributed by atoms with Gasteiger partial charge in [-0.05, 0) is 41.0 Å². The van der Waals surface area contributed by atoms with Crippen molar-refractivity contribution in [3.8, 4) is 0 Å². The van der Waals surface area contributed by atoms with Gasteiger partial charge < -0.3 is 9.13 Å². The molecule has 2 aromatic heterocycles. The summed E-state index contributed by atoms with van der Waals surface area (Å²) < 4.78 is 44.3. The molecule has 0 saturated heterocycles. The average Bonchev–Trinajstić information content (AvgIpc) is 3.39. The molecule has 3 aromatic carbocycles. The summed E-state index contributed by atoms with van der Waals surface area (Å²) in [6, 6.07) is 21.8. The lowest BCUT2D eigenvalue weighted by atomic mass is 9.84. The Morgan fingerprint density at radius 3 is 1.57 bits per heavy atom. The number of hydrogen-bond donors (Lipinski definition) is 0. The monoisotopic (exact) mass is 470 g/mol. The van der Waals surface area contributed by atoms with E-state index in [-0.39, 0.29) is 5.92 Å². The first-order valence-corrected chi connectivity index (χ1v) is 11.5. The topological polar surface area (TPSA) is 9.86 Å². The van der Waals surface area contributed by atoms with Crippen LogP contribution in [0.15, 0.2) is 111 Å². The van der Waals surface area contributed by atoms with E-state index in [0.29, 0.717) is 13.1 Å². The second kappa shape index (κ2) is 8.99. The third-order valence-electron chi connectivity index (χ3n) is 6.48. The van der Waals surface area contributed by atoms with Crippen LogP contribution in [0.1, 0.15) is 28.2 Å². The summed E-state index contributed by atoms with van der Waals surface area (Å²) in [5.74, 6) is -0.260. The van der Waals surface area contributed by atoms with Gasteiger partial charge >= 0.3 is 6.18 Å². The molecule has 5 aromatic rings. The van der Waals surface area contributed by atoms with Crippen molar-refractivity contribution in [3.63, 3.8) is 0 Å². The minimum atomic E-state index is -4.38. The minimum absolute atomic E-state index is 0.260. The Balaban J connectivity index is 1.80. The molecule has 0 aliphatic heterocycles. The molecule has 0 amide bonds. The van der Waals surface area contributed by atoms with E-state index >= 15 is 0 Å². The second-order valence-corrected chi connectivity index (χ2v) is 8.64. The number of rotatable bonds is 7. The van der Waals surface area contributed by atoms with Crippen molar-refractivity contribution < 1.29 is 13.2 Å². The van der Waals surface area contributed by atoms with Crippen LogP contribution in [0.25, 0.3) is 21.8 Å². The molecule has 0 spiro atoms. The normalized spacial score (nSPS) is 12.0. The number of alkyl halides is 3. The fourth-order valence-corrected chi connectivity index (χ4v) is 4.98. The Bertz CT molecular complexity index is 1430. The molecule has 0 N–H and O–H groups in total. The number of benzene rings is 3. The summed E-state index contributed by atoms with van der Waals surface area (Å²) in [7, 11) is 0. The Morgan fingerprint density at radius 1 is 0.686 bits per heavy atom. The van der Waals surface area contributed by atoms with Gasteiger partial charge in [-0.1, -0.05) is 60.7 Å². The fourth-order valence-electron chi connectivity index (χ4n) is 4.98. The first-order valence-electron chi connectivity index (χ1n) is 11.5. The van der Waals surface area contributed by atoms with Crippen LogP contribution < -0.4 is 0 Å². The van der Waals surface area contributed by atoms with E-state index in [1.54, 1.807) is 12.1 Å². The standard InChI is InChI=1S/C30H25F3N2/c1-3-17-34-19-25(23-9-5-7-11-27(23)34)29(21-13-15-22(16-14-21)30(31,32)33)26-20-35(18-4-2)28-12-8-6-10-24(26)28/h3-16,19-20,29H,1-2,17-18H2. The summed E-state index contributed by atoms with van der Waals surface area (Å²) in [4.78, 5) is 0. The lowest BCUT2D eigenvalue weighted by Crippen LogP contribution is -2.07. The largest absolute Gasteiger partial charge is 0.416 e. The van der Waals surface area contributed by atoms with E-state index in [2.05, 4.69) is 59.0 Å². The predicted octanol–water partition coefficient (Wildman–Crippen LogP) is 8.17. The SMILES string of the molecule is C=CCn1cc(C(c2ccc(C(F)(F)F)cc2)c2cn(CC=C)c3ccccc23)c2ccccc21. The lowest BCUT2D eigenvalue weighted by molar-refractivity contribution is -0.137. The molecule has 2 nitrogen and oxygen atoms in total. The summed E-state index contributed by atoms with van der Waals surface area (Å²) >= 11 is 0. The van der Waals surface area contributed by atoms with Crippen molar-refractivity contribution in [1.82, 2.24) is 9.13 Å². The lowest BCUT2D eigenvalue weighted by Gasteiger charge is -2.18. The number of nitrogens with zero attached hydrogens (tertiary/aromatic N) is 2. The Hall–Kier alpha value is -3.99. The van der Waals surface area contributed by atoms with Crippen LogP contribution >= 0.6 is 0 Å². The molecule has 0 aliphatic rings. The Kier molecular flexibility index (Phi) is 5.85. The van der Waals surface area contributed by atoms with Gasteiger partial charge in [-0.25, -0.2) is 0 Å². The maximum atomic E-state index is 13.3. The quantitative estimate of drug-likeness (QED) is 0.212. The third-order valence-corrected chi connectivity index (χ3v) is 6.48. The van der Waals surface area contributed by atoms with Gasteiger partial charge in [-0.3, -0.25) is 0 Å². The molecule has 0 radical (unpaired) electrons. The second-order valence-electron chi connectivity index (χ2n) is 8.64. The van der Waals surface area contributed by atoms with Gasteiger partial charge in [0.1, 0.15) is 0 Å². The van der Waals surface area contributed by atoms with Crippen LogP contribution in [0.4, 0.5) is 13.2 Å². The molecule has 0 bridgehead atoms. The zero-order valence-corrected chi connectivity index (χ0v) is 19.2. The minimum Gasteiger partial charge on any atom is -0.343 e. The van der Waals surface area contributed by atoms with E-state index in [1.807, 2.05) is 36.4 Å². The van der Waals surface area contributed by atoms with Crippen molar-refractivity contribution in [2.24, 2.45) is 0 Å². The molecule has 0 unspecified atom stereocenters. The van der Waals surface area contributed by atoms with E-state index in [0.717, 1.165) is 38.5 Å². The zero-order chi connectivity index (χ0) is 24.6. The summed E-state index contributed by atoms with van der Waals surface area (Å²) in [5, 5.41) is 2.14. The zero-order valence-electron chi connectivity index (χ0n) is 19.2. The van der Waals surface area contributed by atoms with E-state index in [4.69, 9.17) is 0 Å². The van der Waals surface area contributed by atoms with Crippen molar-refractivity contribution in [2.75, 3.05) is 0 Å². The van der Waals surface area contributed by atoms with E-state index in [9.17, 15) is 13.2 Å². The summed E-state index contributed by atoms with van der Waals surface area (Å²) in [6.07, 6.45) is 3.52. The van der Waals surface area contributed by atoms with E-state index in [1.165, 1.54) is 12.1 Å². The molecule has 0 aliphatic carbocycles. The first kappa shape index (κ1) is 22.8. The number of allylic oxidation sites excluding steroid dienone is 2. The number of hydrogen-bond acceptors (Lipinski definition) is 0. The molecule has 35 heavy (non-hydrogen) atoms. The third kappa shape index (κ3) is 4.08. The number of fused-ring (bicyclic) bond motifs is 2. The highest BCUT2D eigenvalue weighted by Crippen LogP contribution is 2.41. The highest BCUT2D eigenvalue weighted by molar-refractivity contribution is 5.90. The molecular weight excluding hydrogens is 445 g/mol. The van der Waals surface area contributed by atoms with Crippen LogP contribution in [-0.4, -0.2) is 9.13 Å². The highest BCUT2D eigenvalue weighted by atomic mass is 19.4. The van der Waals surface area contributed by atoms with Crippen LogP contribution in [0.3, 0.4) is 0 Å².